The lowest BCUT2D eigenvalue weighted by atomic mass is 10.0. The summed E-state index contributed by atoms with van der Waals surface area (Å²) in [5, 5.41) is 0. The summed E-state index contributed by atoms with van der Waals surface area (Å²) in [6, 6.07) is 0. The summed E-state index contributed by atoms with van der Waals surface area (Å²) in [7, 11) is 0. The maximum atomic E-state index is 11.7. The molecule has 0 N–H and O–H groups in total. The van der Waals surface area contributed by atoms with Crippen molar-refractivity contribution in [2.75, 3.05) is 26.2 Å². The summed E-state index contributed by atoms with van der Waals surface area (Å²) in [5.41, 5.74) is 0. The van der Waals surface area contributed by atoms with Crippen LogP contribution < -0.4 is 0 Å². The van der Waals surface area contributed by atoms with Crippen molar-refractivity contribution in [1.82, 2.24) is 4.90 Å². The Hall–Kier alpha value is -0.410. The lowest BCUT2D eigenvalue weighted by Gasteiger charge is -2.32. The minimum absolute atomic E-state index is 0.0848. The van der Waals surface area contributed by atoms with E-state index >= 15 is 0 Å². The molecule has 0 aliphatic carbocycles. The first-order valence-corrected chi connectivity index (χ1v) is 5.52. The molecule has 1 atom stereocenters. The van der Waals surface area contributed by atoms with Gasteiger partial charge in [-0.05, 0) is 13.0 Å². The lowest BCUT2D eigenvalue weighted by molar-refractivity contribution is -0.139. The maximum Gasteiger partial charge on any atom is 0.165 e. The van der Waals surface area contributed by atoms with Gasteiger partial charge >= 0.3 is 0 Å². The van der Waals surface area contributed by atoms with Gasteiger partial charge in [-0.2, -0.15) is 0 Å². The Morgan fingerprint density at radius 3 is 2.86 bits per heavy atom. The second kappa shape index (κ2) is 5.47. The SMILES string of the molecule is CCCN1CCOC(C(=O)C(C)C)C1. The Morgan fingerprint density at radius 2 is 2.29 bits per heavy atom. The van der Waals surface area contributed by atoms with Crippen molar-refractivity contribution in [3.05, 3.63) is 0 Å². The summed E-state index contributed by atoms with van der Waals surface area (Å²) in [5.74, 6) is 0.326. The van der Waals surface area contributed by atoms with Crippen LogP contribution in [-0.4, -0.2) is 43.0 Å². The monoisotopic (exact) mass is 199 g/mol. The van der Waals surface area contributed by atoms with E-state index < -0.39 is 0 Å². The molecule has 0 radical (unpaired) electrons. The van der Waals surface area contributed by atoms with E-state index in [1.54, 1.807) is 0 Å². The van der Waals surface area contributed by atoms with E-state index in [0.29, 0.717) is 6.61 Å². The molecule has 3 heteroatoms. The van der Waals surface area contributed by atoms with Crippen molar-refractivity contribution in [3.63, 3.8) is 0 Å². The van der Waals surface area contributed by atoms with E-state index in [1.807, 2.05) is 13.8 Å². The van der Waals surface area contributed by atoms with E-state index in [-0.39, 0.29) is 17.8 Å². The van der Waals surface area contributed by atoms with Crippen LogP contribution in [0.1, 0.15) is 27.2 Å². The molecule has 1 heterocycles. The Bertz CT molecular complexity index is 190. The van der Waals surface area contributed by atoms with Crippen LogP contribution in [0.3, 0.4) is 0 Å². The molecule has 82 valence electrons. The van der Waals surface area contributed by atoms with E-state index in [2.05, 4.69) is 11.8 Å². The number of ketones is 1. The van der Waals surface area contributed by atoms with E-state index in [4.69, 9.17) is 4.74 Å². The molecular formula is C11H21NO2. The van der Waals surface area contributed by atoms with Crippen LogP contribution in [0.15, 0.2) is 0 Å². The van der Waals surface area contributed by atoms with Gasteiger partial charge in [-0.15, -0.1) is 0 Å². The Labute approximate surface area is 86.4 Å². The average Bonchev–Trinajstić information content (AvgIpc) is 2.17. The predicted molar refractivity (Wildman–Crippen MR) is 56.3 cm³/mol. The first-order valence-electron chi connectivity index (χ1n) is 5.52. The van der Waals surface area contributed by atoms with Crippen LogP contribution in [0.2, 0.25) is 0 Å². The van der Waals surface area contributed by atoms with Crippen molar-refractivity contribution in [1.29, 1.82) is 0 Å². The Kier molecular flexibility index (Phi) is 4.55. The summed E-state index contributed by atoms with van der Waals surface area (Å²) in [6.07, 6.45) is 0.957. The minimum atomic E-state index is -0.185. The van der Waals surface area contributed by atoms with Gasteiger partial charge in [0, 0.05) is 19.0 Å². The highest BCUT2D eigenvalue weighted by Gasteiger charge is 2.27. The summed E-state index contributed by atoms with van der Waals surface area (Å²) in [6.45, 7) is 9.55. The zero-order valence-corrected chi connectivity index (χ0v) is 9.45. The number of carbonyl (C=O) groups is 1. The quantitative estimate of drug-likeness (QED) is 0.684. The summed E-state index contributed by atoms with van der Waals surface area (Å²) < 4.78 is 5.49. The lowest BCUT2D eigenvalue weighted by Crippen LogP contribution is -2.47. The molecule has 0 aromatic heterocycles. The van der Waals surface area contributed by atoms with Gasteiger partial charge in [-0.1, -0.05) is 20.8 Å². The standard InChI is InChI=1S/C11H21NO2/c1-4-5-12-6-7-14-10(8-12)11(13)9(2)3/h9-10H,4-8H2,1-3H3. The van der Waals surface area contributed by atoms with Crippen LogP contribution in [0, 0.1) is 5.92 Å². The number of hydrogen-bond acceptors (Lipinski definition) is 3. The van der Waals surface area contributed by atoms with Crippen LogP contribution in [0.25, 0.3) is 0 Å². The molecule has 14 heavy (non-hydrogen) atoms. The first kappa shape index (κ1) is 11.7. The third-order valence-electron chi connectivity index (χ3n) is 2.58. The number of ether oxygens (including phenoxy) is 1. The van der Waals surface area contributed by atoms with Crippen LogP contribution in [0.4, 0.5) is 0 Å². The number of hydrogen-bond donors (Lipinski definition) is 0. The number of Topliss-reactive ketones (excluding diaryl/α,β-unsaturated/α-hetero) is 1. The molecule has 0 spiro atoms. The zero-order valence-electron chi connectivity index (χ0n) is 9.45. The van der Waals surface area contributed by atoms with Crippen molar-refractivity contribution >= 4 is 5.78 Å². The molecule has 1 aliphatic heterocycles. The van der Waals surface area contributed by atoms with E-state index in [1.165, 1.54) is 0 Å². The summed E-state index contributed by atoms with van der Waals surface area (Å²) >= 11 is 0. The molecule has 0 saturated carbocycles. The summed E-state index contributed by atoms with van der Waals surface area (Å²) in [4.78, 5) is 14.0. The van der Waals surface area contributed by atoms with Gasteiger partial charge in [-0.25, -0.2) is 0 Å². The molecule has 1 fully saturated rings. The van der Waals surface area contributed by atoms with Gasteiger partial charge in [0.25, 0.3) is 0 Å². The third-order valence-corrected chi connectivity index (χ3v) is 2.58. The minimum Gasteiger partial charge on any atom is -0.368 e. The topological polar surface area (TPSA) is 29.5 Å². The van der Waals surface area contributed by atoms with Crippen LogP contribution in [-0.2, 0) is 9.53 Å². The number of nitrogens with zero attached hydrogens (tertiary/aromatic N) is 1. The van der Waals surface area contributed by atoms with Gasteiger partial charge in [-0.3, -0.25) is 9.69 Å². The van der Waals surface area contributed by atoms with Gasteiger partial charge in [0.1, 0.15) is 6.10 Å². The molecule has 1 aliphatic rings. The molecule has 1 saturated heterocycles. The van der Waals surface area contributed by atoms with Crippen molar-refractivity contribution in [3.8, 4) is 0 Å². The zero-order chi connectivity index (χ0) is 10.6. The van der Waals surface area contributed by atoms with Crippen molar-refractivity contribution in [2.24, 2.45) is 5.92 Å². The smallest absolute Gasteiger partial charge is 0.165 e. The Balaban J connectivity index is 2.43. The van der Waals surface area contributed by atoms with Crippen LogP contribution in [0.5, 0.6) is 0 Å². The molecular weight excluding hydrogens is 178 g/mol. The molecule has 3 nitrogen and oxygen atoms in total. The average molecular weight is 199 g/mol. The van der Waals surface area contributed by atoms with Gasteiger partial charge < -0.3 is 4.74 Å². The fraction of sp³-hybridized carbons (Fsp3) is 0.909. The molecule has 1 unspecified atom stereocenters. The normalized spacial score (nSPS) is 24.1. The maximum absolute atomic E-state index is 11.7. The second-order valence-electron chi connectivity index (χ2n) is 4.22. The van der Waals surface area contributed by atoms with Gasteiger partial charge in [0.05, 0.1) is 6.61 Å². The number of morpholine rings is 1. The molecule has 0 amide bonds. The fourth-order valence-electron chi connectivity index (χ4n) is 1.77. The third kappa shape index (κ3) is 3.07. The molecule has 1 rings (SSSR count). The van der Waals surface area contributed by atoms with Gasteiger partial charge in [0.2, 0.25) is 0 Å². The predicted octanol–water partition coefficient (Wildman–Crippen LogP) is 1.32. The van der Waals surface area contributed by atoms with E-state index in [9.17, 15) is 4.79 Å². The highest BCUT2D eigenvalue weighted by molar-refractivity contribution is 5.85. The van der Waals surface area contributed by atoms with Crippen molar-refractivity contribution in [2.45, 2.75) is 33.3 Å². The van der Waals surface area contributed by atoms with Crippen LogP contribution >= 0.6 is 0 Å². The highest BCUT2D eigenvalue weighted by atomic mass is 16.5. The molecule has 0 aromatic rings. The molecule has 0 bridgehead atoms. The number of rotatable bonds is 4. The molecule has 0 aromatic carbocycles. The van der Waals surface area contributed by atoms with Crippen molar-refractivity contribution < 1.29 is 9.53 Å². The largest absolute Gasteiger partial charge is 0.368 e. The Morgan fingerprint density at radius 1 is 1.57 bits per heavy atom. The number of carbonyl (C=O) groups excluding carboxylic acids is 1. The highest BCUT2D eigenvalue weighted by Crippen LogP contribution is 2.10. The second-order valence-corrected chi connectivity index (χ2v) is 4.22. The van der Waals surface area contributed by atoms with Gasteiger partial charge in [0.15, 0.2) is 5.78 Å². The fourth-order valence-corrected chi connectivity index (χ4v) is 1.77. The van der Waals surface area contributed by atoms with E-state index in [0.717, 1.165) is 26.1 Å². The first-order chi connectivity index (χ1) is 6.65.